The molecule has 24 heteroatoms. The Morgan fingerprint density at radius 3 is 1.75 bits per heavy atom. The summed E-state index contributed by atoms with van der Waals surface area (Å²) >= 11 is 3.19. The largest absolute Gasteiger partial charge is 0.756 e. The maximum atomic E-state index is 13.9. The Hall–Kier alpha value is -8.22. The first-order valence-electron chi connectivity index (χ1n) is 30.5. The molecule has 4 unspecified atom stereocenters. The van der Waals surface area contributed by atoms with E-state index in [2.05, 4.69) is 78.6 Å². The molecule has 7 aromatic rings. The van der Waals surface area contributed by atoms with E-state index in [0.717, 1.165) is 74.8 Å². The van der Waals surface area contributed by atoms with Gasteiger partial charge in [0.05, 0.1) is 62.7 Å². The number of amides is 3. The number of carbonyl (C=O) groups is 3. The number of ether oxygens (including phenoxy) is 2. The van der Waals surface area contributed by atoms with Crippen molar-refractivity contribution in [1.29, 1.82) is 0 Å². The fourth-order valence-corrected chi connectivity index (χ4v) is 14.2. The third kappa shape index (κ3) is 17.3. The zero-order chi connectivity index (χ0) is 64.9. The Balaban J connectivity index is 0.796. The van der Waals surface area contributed by atoms with Gasteiger partial charge in [0.1, 0.15) is 39.5 Å². The van der Waals surface area contributed by atoms with E-state index < -0.39 is 49.5 Å². The molecular weight excluding hydrogens is 1230 g/mol. The number of para-hydroxylation sites is 4. The lowest BCUT2D eigenvalue weighted by molar-refractivity contribution is -0.645. The van der Waals surface area contributed by atoms with Gasteiger partial charge in [-0.3, -0.25) is 38.2 Å². The zero-order valence-electron chi connectivity index (χ0n) is 52.1. The van der Waals surface area contributed by atoms with Crippen molar-refractivity contribution in [3.8, 4) is 0 Å². The van der Waals surface area contributed by atoms with Gasteiger partial charge in [0.2, 0.25) is 28.8 Å². The minimum Gasteiger partial charge on any atom is -0.756 e. The highest BCUT2D eigenvalue weighted by Crippen LogP contribution is 2.48. The lowest BCUT2D eigenvalue weighted by Crippen LogP contribution is -2.45. The molecule has 0 spiro atoms. The van der Waals surface area contributed by atoms with Crippen LogP contribution in [0, 0.1) is 0 Å². The van der Waals surface area contributed by atoms with Crippen LogP contribution in [0.1, 0.15) is 57.0 Å². The van der Waals surface area contributed by atoms with Gasteiger partial charge in [-0.15, -0.1) is 0 Å². The fourth-order valence-electron chi connectivity index (χ4n) is 10.9. The number of anilines is 2. The zero-order valence-corrected chi connectivity index (χ0v) is 54.7. The Kier molecular flexibility index (Phi) is 22.4. The van der Waals surface area contributed by atoms with E-state index in [1.165, 1.54) is 12.3 Å². The van der Waals surface area contributed by atoms with Gasteiger partial charge >= 0.3 is 5.69 Å². The van der Waals surface area contributed by atoms with Crippen molar-refractivity contribution in [1.82, 2.24) is 30.4 Å². The summed E-state index contributed by atoms with van der Waals surface area (Å²) in [5.41, 5.74) is 4.59. The summed E-state index contributed by atoms with van der Waals surface area (Å²) in [5.74, 6) is -0.936. The van der Waals surface area contributed by atoms with Crippen LogP contribution in [-0.4, -0.2) is 116 Å². The number of phosphoric acid groups is 1. The molecule has 21 nitrogen and oxygen atoms in total. The topological polar surface area (TPSA) is 237 Å². The number of benzene rings is 4. The number of hydrogen-bond acceptors (Lipinski definition) is 16. The van der Waals surface area contributed by atoms with E-state index in [1.807, 2.05) is 138 Å². The molecule has 10 rings (SSSR count). The number of thioether (sulfide) groups is 2. The van der Waals surface area contributed by atoms with E-state index in [-0.39, 0.29) is 69.2 Å². The minimum absolute atomic E-state index is 0.0518. The predicted molar refractivity (Wildman–Crippen MR) is 358 cm³/mol. The van der Waals surface area contributed by atoms with Crippen molar-refractivity contribution >= 4 is 100 Å². The highest BCUT2D eigenvalue weighted by Gasteiger charge is 2.40. The van der Waals surface area contributed by atoms with E-state index in [9.17, 15) is 33.4 Å². The average molecular weight is 1300 g/mol. The summed E-state index contributed by atoms with van der Waals surface area (Å²) in [6.07, 6.45) is 15.9. The number of carbonyl (C=O) groups excluding carboxylic acids is 3. The SMILES string of the molecule is CC(C)OCC1OC(n2cc(/C=C/C(=O)NCCN(CCNC(=O)CN3/C(=C/C=C/c4cc[n+](C)c5ccccc45)Sc4ccccc43)CCNC(=O)CN3/C(=C/C=C/c4cc[n+](C)c5ccccc45)Sc4ccccc43)c(=O)[nH]c2=O)CC1OP(=O)([O-])OC(C)C. The van der Waals surface area contributed by atoms with Crippen LogP contribution in [0.25, 0.3) is 40.0 Å². The number of nitrogens with one attached hydrogen (secondary N) is 4. The minimum atomic E-state index is -4.79. The standard InChI is InChI=1S/C68H75N10O11PS2/c1-46(2)86-45-58-57(89-90(84,85)88-47(3)4)41-64(87-58)78-42-50(67(82)72-68(78)83)29-30-61(79)69-33-38-75(39-34-70-62(80)43-76-55-23-11-13-25-59(55)91-65(76)27-15-17-48-31-36-73(5)53-21-9-7-19-51(48)53)40-35-71-63(81)44-77-56-24-12-14-26-60(56)92-66(77)28-16-18-49-32-37-74(6)54-22-10-8-20-52(49)54/h7-32,36-37,42,46-47,57-58,64H,33-35,38-41,43-45H2,1-6H3,(H3-2,69,70,71,72,79,80,81,82,83,84,85)/p+1/b30-29+. The van der Waals surface area contributed by atoms with Crippen molar-refractivity contribution in [2.75, 3.05) is 68.8 Å². The van der Waals surface area contributed by atoms with Crippen LogP contribution in [0.5, 0.6) is 0 Å². The predicted octanol–water partition coefficient (Wildman–Crippen LogP) is 7.48. The first kappa shape index (κ1) is 66.7. The van der Waals surface area contributed by atoms with E-state index in [0.29, 0.717) is 19.6 Å². The Bertz CT molecular complexity index is 4000. The fraction of sp³-hybridized carbons (Fsp3) is 0.309. The van der Waals surface area contributed by atoms with Crippen LogP contribution in [0.3, 0.4) is 0 Å². The molecule has 4 aromatic carbocycles. The number of phosphoric ester groups is 1. The number of fused-ring (bicyclic) bond motifs is 4. The monoisotopic (exact) mass is 1300 g/mol. The molecule has 3 aliphatic rings. The van der Waals surface area contributed by atoms with Crippen molar-refractivity contribution in [3.63, 3.8) is 0 Å². The number of nitrogens with zero attached hydrogens (tertiary/aromatic N) is 6. The highest BCUT2D eigenvalue weighted by molar-refractivity contribution is 8.04. The number of aryl methyl sites for hydroxylation is 2. The molecule has 1 saturated heterocycles. The van der Waals surface area contributed by atoms with Crippen molar-refractivity contribution in [3.05, 3.63) is 206 Å². The molecule has 0 saturated carbocycles. The van der Waals surface area contributed by atoms with Gasteiger partial charge in [-0.1, -0.05) is 96.4 Å². The molecule has 4 atom stereocenters. The molecule has 480 valence electrons. The van der Waals surface area contributed by atoms with Gasteiger partial charge in [0.15, 0.2) is 12.4 Å². The normalized spacial score (nSPS) is 18.0. The molecule has 3 aromatic heterocycles. The Morgan fingerprint density at radius 2 is 1.22 bits per heavy atom. The lowest BCUT2D eigenvalue weighted by atomic mass is 10.1. The second-order valence-electron chi connectivity index (χ2n) is 22.7. The van der Waals surface area contributed by atoms with E-state index >= 15 is 0 Å². The summed E-state index contributed by atoms with van der Waals surface area (Å²) in [7, 11) is -0.739. The Labute approximate surface area is 542 Å². The molecule has 6 heterocycles. The summed E-state index contributed by atoms with van der Waals surface area (Å²) in [6, 6.07) is 36.6. The number of allylic oxidation sites excluding steroid dienone is 4. The first-order valence-corrected chi connectivity index (χ1v) is 33.6. The second-order valence-corrected chi connectivity index (χ2v) is 26.2. The molecular formula is C68H76N10O11PS2+. The Morgan fingerprint density at radius 1 is 0.707 bits per heavy atom. The van der Waals surface area contributed by atoms with Gasteiger partial charge in [0.25, 0.3) is 13.4 Å². The molecule has 0 bridgehead atoms. The van der Waals surface area contributed by atoms with Gasteiger partial charge in [-0.05, 0) is 93.4 Å². The molecule has 3 aliphatic heterocycles. The molecule has 1 fully saturated rings. The third-order valence-corrected chi connectivity index (χ3v) is 18.8. The average Bonchev–Trinajstić information content (AvgIpc) is 2.08. The van der Waals surface area contributed by atoms with Crippen LogP contribution in [-0.2, 0) is 51.6 Å². The first-order chi connectivity index (χ1) is 44.4. The summed E-state index contributed by atoms with van der Waals surface area (Å²) in [5, 5.41) is 13.1. The number of aromatic amines is 1. The number of H-pyrrole nitrogens is 1. The molecule has 92 heavy (non-hydrogen) atoms. The smallest absolute Gasteiger partial charge is 0.330 e. The third-order valence-electron chi connectivity index (χ3n) is 15.4. The van der Waals surface area contributed by atoms with E-state index in [4.69, 9.17) is 18.5 Å². The highest BCUT2D eigenvalue weighted by atomic mass is 32.2. The van der Waals surface area contributed by atoms with Crippen molar-refractivity contribution < 1.29 is 51.5 Å². The summed E-state index contributed by atoms with van der Waals surface area (Å²) < 4.78 is 40.2. The number of pyridine rings is 2. The van der Waals surface area contributed by atoms with Crippen LogP contribution < -0.4 is 51.0 Å². The lowest BCUT2D eigenvalue weighted by Gasteiger charge is -2.29. The summed E-state index contributed by atoms with van der Waals surface area (Å²) in [4.78, 5) is 90.7. The van der Waals surface area contributed by atoms with Crippen LogP contribution >= 0.6 is 31.3 Å². The summed E-state index contributed by atoms with van der Waals surface area (Å²) in [6.45, 7) is 8.47. The number of aromatic nitrogens is 4. The van der Waals surface area contributed by atoms with Crippen LogP contribution in [0.2, 0.25) is 0 Å². The molecule has 3 amide bonds. The van der Waals surface area contributed by atoms with Crippen molar-refractivity contribution in [2.24, 2.45) is 14.1 Å². The molecule has 0 radical (unpaired) electrons. The van der Waals surface area contributed by atoms with Crippen molar-refractivity contribution in [2.45, 2.75) is 74.6 Å². The second kappa shape index (κ2) is 30.9. The number of rotatable bonds is 27. The van der Waals surface area contributed by atoms with Gasteiger partial charge in [-0.2, -0.15) is 0 Å². The van der Waals surface area contributed by atoms with Crippen LogP contribution in [0.4, 0.5) is 11.4 Å². The van der Waals surface area contributed by atoms with Gasteiger partial charge in [0, 0.05) is 92.0 Å². The van der Waals surface area contributed by atoms with Gasteiger partial charge < -0.3 is 49.2 Å². The quantitative estimate of drug-likeness (QED) is 0.0222. The van der Waals surface area contributed by atoms with Crippen LogP contribution in [0.15, 0.2) is 188 Å². The van der Waals surface area contributed by atoms with E-state index in [1.54, 1.807) is 51.2 Å². The maximum absolute atomic E-state index is 13.9. The number of hydrogen-bond donors (Lipinski definition) is 4. The molecule has 4 N–H and O–H groups in total. The molecule has 0 aliphatic carbocycles. The maximum Gasteiger partial charge on any atom is 0.330 e. The van der Waals surface area contributed by atoms with Gasteiger partial charge in [-0.25, -0.2) is 13.9 Å².